The van der Waals surface area contributed by atoms with Crippen LogP contribution in [0.25, 0.3) is 0 Å². The topological polar surface area (TPSA) is 87.2 Å². The minimum Gasteiger partial charge on any atom is -0.465 e. The van der Waals surface area contributed by atoms with E-state index in [0.717, 1.165) is 10.5 Å². The summed E-state index contributed by atoms with van der Waals surface area (Å²) in [6.45, 7) is 0.115. The fourth-order valence-electron chi connectivity index (χ4n) is 2.57. The lowest BCUT2D eigenvalue weighted by Crippen LogP contribution is -2.36. The number of carbonyl (C=O) groups is 3. The molecule has 128 valence electrons. The number of amides is 3. The molecule has 2 aromatic rings. The molecule has 25 heavy (non-hydrogen) atoms. The highest BCUT2D eigenvalue weighted by Crippen LogP contribution is 2.22. The quantitative estimate of drug-likeness (QED) is 0.816. The normalized spacial score (nSPS) is 13.0. The molecule has 0 unspecified atom stereocenters. The Morgan fingerprint density at radius 1 is 0.960 bits per heavy atom. The summed E-state index contributed by atoms with van der Waals surface area (Å²) >= 11 is 0. The SMILES string of the molecule is O=C(O)N(CCON1C(=O)c2ccccc2C1=O)Cc1ccccc1. The third-order valence-electron chi connectivity index (χ3n) is 3.83. The number of fused-ring (bicyclic) bond motifs is 1. The Bertz CT molecular complexity index is 771. The van der Waals surface area contributed by atoms with Gasteiger partial charge in [0, 0.05) is 6.54 Å². The Kier molecular flexibility index (Phi) is 4.76. The third-order valence-corrected chi connectivity index (χ3v) is 3.83. The van der Waals surface area contributed by atoms with Crippen molar-refractivity contribution in [3.8, 4) is 0 Å². The first kappa shape index (κ1) is 16.7. The summed E-state index contributed by atoms with van der Waals surface area (Å²) in [4.78, 5) is 42.1. The first-order valence-corrected chi connectivity index (χ1v) is 7.70. The molecule has 1 aliphatic heterocycles. The molecule has 7 nitrogen and oxygen atoms in total. The minimum absolute atomic E-state index is 0.0254. The van der Waals surface area contributed by atoms with Crippen LogP contribution >= 0.6 is 0 Å². The maximum atomic E-state index is 12.2. The molecule has 0 atom stereocenters. The maximum absolute atomic E-state index is 12.2. The van der Waals surface area contributed by atoms with Gasteiger partial charge in [-0.25, -0.2) is 4.79 Å². The molecule has 3 rings (SSSR count). The molecule has 0 aromatic heterocycles. The van der Waals surface area contributed by atoms with Gasteiger partial charge in [0.15, 0.2) is 0 Å². The number of hydrogen-bond acceptors (Lipinski definition) is 4. The lowest BCUT2D eigenvalue weighted by molar-refractivity contribution is -0.0946. The van der Waals surface area contributed by atoms with Gasteiger partial charge in [-0.1, -0.05) is 42.5 Å². The summed E-state index contributed by atoms with van der Waals surface area (Å²) in [6.07, 6.45) is -1.10. The molecule has 7 heteroatoms. The maximum Gasteiger partial charge on any atom is 0.407 e. The van der Waals surface area contributed by atoms with Crippen molar-refractivity contribution in [1.29, 1.82) is 0 Å². The zero-order valence-corrected chi connectivity index (χ0v) is 13.3. The van der Waals surface area contributed by atoms with Crippen molar-refractivity contribution in [2.75, 3.05) is 13.2 Å². The Balaban J connectivity index is 1.59. The van der Waals surface area contributed by atoms with Crippen LogP contribution in [0.3, 0.4) is 0 Å². The number of hydrogen-bond donors (Lipinski definition) is 1. The number of carboxylic acid groups (broad SMARTS) is 1. The minimum atomic E-state index is -1.10. The van der Waals surface area contributed by atoms with Crippen molar-refractivity contribution in [3.63, 3.8) is 0 Å². The number of imide groups is 1. The number of carbonyl (C=O) groups excluding carboxylic acids is 2. The molecule has 0 radical (unpaired) electrons. The number of benzene rings is 2. The summed E-state index contributed by atoms with van der Waals surface area (Å²) < 4.78 is 0. The van der Waals surface area contributed by atoms with Crippen LogP contribution in [0.2, 0.25) is 0 Å². The van der Waals surface area contributed by atoms with E-state index in [1.165, 1.54) is 0 Å². The van der Waals surface area contributed by atoms with E-state index in [4.69, 9.17) is 4.84 Å². The molecule has 0 fully saturated rings. The monoisotopic (exact) mass is 340 g/mol. The zero-order valence-electron chi connectivity index (χ0n) is 13.3. The predicted molar refractivity (Wildman–Crippen MR) is 87.8 cm³/mol. The van der Waals surface area contributed by atoms with E-state index in [2.05, 4.69) is 0 Å². The molecular weight excluding hydrogens is 324 g/mol. The molecule has 0 saturated carbocycles. The summed E-state index contributed by atoms with van der Waals surface area (Å²) in [5.41, 5.74) is 1.41. The van der Waals surface area contributed by atoms with E-state index >= 15 is 0 Å². The average molecular weight is 340 g/mol. The summed E-state index contributed by atoms with van der Waals surface area (Å²) in [5.74, 6) is -1.07. The van der Waals surface area contributed by atoms with E-state index in [0.29, 0.717) is 5.06 Å². The smallest absolute Gasteiger partial charge is 0.407 e. The van der Waals surface area contributed by atoms with Crippen molar-refractivity contribution in [2.45, 2.75) is 6.54 Å². The number of hydroxylamine groups is 2. The molecule has 1 heterocycles. The van der Waals surface area contributed by atoms with Gasteiger partial charge in [-0.2, -0.15) is 0 Å². The van der Waals surface area contributed by atoms with Gasteiger partial charge in [0.2, 0.25) is 0 Å². The Morgan fingerprint density at radius 3 is 2.08 bits per heavy atom. The standard InChI is InChI=1S/C18H16N2O5/c21-16-14-8-4-5-9-15(14)17(22)20(16)25-11-10-19(18(23)24)12-13-6-2-1-3-7-13/h1-9H,10-12H2,(H,23,24). The van der Waals surface area contributed by atoms with Crippen LogP contribution in [-0.4, -0.2) is 46.1 Å². The Hall–Kier alpha value is -3.19. The van der Waals surface area contributed by atoms with Gasteiger partial charge in [0.05, 0.1) is 24.3 Å². The first-order chi connectivity index (χ1) is 12.1. The van der Waals surface area contributed by atoms with Gasteiger partial charge in [-0.3, -0.25) is 14.4 Å². The highest BCUT2D eigenvalue weighted by Gasteiger charge is 2.36. The average Bonchev–Trinajstić information content (AvgIpc) is 2.87. The van der Waals surface area contributed by atoms with E-state index in [-0.39, 0.29) is 30.8 Å². The highest BCUT2D eigenvalue weighted by atomic mass is 16.7. The molecular formula is C18H16N2O5. The largest absolute Gasteiger partial charge is 0.465 e. The van der Waals surface area contributed by atoms with Crippen LogP contribution < -0.4 is 0 Å². The summed E-state index contributed by atoms with van der Waals surface area (Å²) in [5, 5.41) is 9.98. The lowest BCUT2D eigenvalue weighted by Gasteiger charge is -2.20. The van der Waals surface area contributed by atoms with Crippen molar-refractivity contribution in [1.82, 2.24) is 9.96 Å². The summed E-state index contributed by atoms with van der Waals surface area (Å²) in [6, 6.07) is 15.6. The van der Waals surface area contributed by atoms with Crippen molar-refractivity contribution in [2.24, 2.45) is 0 Å². The molecule has 0 saturated heterocycles. The van der Waals surface area contributed by atoms with Crippen LogP contribution in [0.4, 0.5) is 4.79 Å². The number of rotatable bonds is 6. The van der Waals surface area contributed by atoms with Gasteiger partial charge in [0.25, 0.3) is 11.8 Å². The molecule has 2 aromatic carbocycles. The van der Waals surface area contributed by atoms with Gasteiger partial charge in [-0.05, 0) is 17.7 Å². The Labute approximate surface area is 144 Å². The van der Waals surface area contributed by atoms with Crippen molar-refractivity contribution in [3.05, 3.63) is 71.3 Å². The highest BCUT2D eigenvalue weighted by molar-refractivity contribution is 6.20. The van der Waals surface area contributed by atoms with E-state index in [1.54, 1.807) is 24.3 Å². The van der Waals surface area contributed by atoms with Gasteiger partial charge in [-0.15, -0.1) is 5.06 Å². The lowest BCUT2D eigenvalue weighted by atomic mass is 10.1. The number of nitrogens with zero attached hydrogens (tertiary/aromatic N) is 2. The van der Waals surface area contributed by atoms with Crippen LogP contribution in [0, 0.1) is 0 Å². The molecule has 0 aliphatic carbocycles. The second-order valence-electron chi connectivity index (χ2n) is 5.47. The second-order valence-corrected chi connectivity index (χ2v) is 5.47. The van der Waals surface area contributed by atoms with Gasteiger partial charge in [0.1, 0.15) is 0 Å². The zero-order chi connectivity index (χ0) is 17.8. The van der Waals surface area contributed by atoms with E-state index in [1.807, 2.05) is 30.3 Å². The van der Waals surface area contributed by atoms with Gasteiger partial charge < -0.3 is 10.0 Å². The summed E-state index contributed by atoms with van der Waals surface area (Å²) in [7, 11) is 0. The molecule has 1 aliphatic rings. The van der Waals surface area contributed by atoms with Gasteiger partial charge >= 0.3 is 6.09 Å². The van der Waals surface area contributed by atoms with Crippen LogP contribution in [0.1, 0.15) is 26.3 Å². The van der Waals surface area contributed by atoms with Crippen LogP contribution in [0.15, 0.2) is 54.6 Å². The van der Waals surface area contributed by atoms with Crippen molar-refractivity contribution < 1.29 is 24.3 Å². The van der Waals surface area contributed by atoms with Crippen molar-refractivity contribution >= 4 is 17.9 Å². The first-order valence-electron chi connectivity index (χ1n) is 7.70. The molecule has 0 bridgehead atoms. The predicted octanol–water partition coefficient (Wildman–Crippen LogP) is 2.39. The second kappa shape index (κ2) is 7.14. The fourth-order valence-corrected chi connectivity index (χ4v) is 2.57. The molecule has 0 spiro atoms. The Morgan fingerprint density at radius 2 is 1.52 bits per heavy atom. The van der Waals surface area contributed by atoms with Crippen LogP contribution in [-0.2, 0) is 11.4 Å². The third kappa shape index (κ3) is 3.51. The van der Waals surface area contributed by atoms with Crippen LogP contribution in [0.5, 0.6) is 0 Å². The van der Waals surface area contributed by atoms with E-state index in [9.17, 15) is 19.5 Å². The fraction of sp³-hybridized carbons (Fsp3) is 0.167. The molecule has 3 amide bonds. The molecule has 1 N–H and O–H groups in total. The van der Waals surface area contributed by atoms with E-state index < -0.39 is 17.9 Å².